The maximum Gasteiger partial charge on any atom is 0.332 e. The zero-order chi connectivity index (χ0) is 10.0. The molecule has 1 rings (SSSR count). The molecule has 0 saturated carbocycles. The van der Waals surface area contributed by atoms with E-state index in [2.05, 4.69) is 0 Å². The van der Waals surface area contributed by atoms with E-state index in [9.17, 15) is 18.4 Å². The summed E-state index contributed by atoms with van der Waals surface area (Å²) in [6.45, 7) is 0. The molecule has 0 saturated heterocycles. The van der Waals surface area contributed by atoms with Gasteiger partial charge in [0.2, 0.25) is 0 Å². The van der Waals surface area contributed by atoms with Crippen LogP contribution in [0.25, 0.3) is 0 Å². The second kappa shape index (κ2) is 3.30. The molecule has 1 aromatic carbocycles. The zero-order valence-corrected chi connectivity index (χ0v) is 6.25. The van der Waals surface area contributed by atoms with Crippen molar-refractivity contribution in [1.29, 1.82) is 0 Å². The lowest BCUT2D eigenvalue weighted by Gasteiger charge is -1.97. The molecule has 0 radical (unpaired) electrons. The van der Waals surface area contributed by atoms with Crippen molar-refractivity contribution in [3.63, 3.8) is 0 Å². The standard InChI is InChI=1S/C8H4F2O3/c9-7(12)4-1-5(8(10)13)3-6(11)2-4/h1-3,11H. The van der Waals surface area contributed by atoms with E-state index >= 15 is 0 Å². The molecular weight excluding hydrogens is 182 g/mol. The van der Waals surface area contributed by atoms with E-state index in [1.165, 1.54) is 0 Å². The van der Waals surface area contributed by atoms with Gasteiger partial charge >= 0.3 is 12.1 Å². The van der Waals surface area contributed by atoms with Gasteiger partial charge in [-0.2, -0.15) is 8.78 Å². The zero-order valence-electron chi connectivity index (χ0n) is 6.25. The predicted octanol–water partition coefficient (Wildman–Crippen LogP) is 1.61. The third-order valence-electron chi connectivity index (χ3n) is 1.37. The normalized spacial score (nSPS) is 9.69. The molecule has 0 amide bonds. The third-order valence-corrected chi connectivity index (χ3v) is 1.37. The maximum absolute atomic E-state index is 12.1. The predicted molar refractivity (Wildman–Crippen MR) is 39.0 cm³/mol. The summed E-state index contributed by atoms with van der Waals surface area (Å²) in [5, 5.41) is 8.85. The van der Waals surface area contributed by atoms with Gasteiger partial charge in [-0.15, -0.1) is 0 Å². The number of phenolic OH excluding ortho intramolecular Hbond substituents is 1. The van der Waals surface area contributed by atoms with E-state index in [0.29, 0.717) is 0 Å². The summed E-state index contributed by atoms with van der Waals surface area (Å²) in [6, 6.07) is -1.34. The van der Waals surface area contributed by atoms with E-state index in [-0.39, 0.29) is 0 Å². The number of carbonyl (C=O) groups excluding carboxylic acids is 2. The van der Waals surface area contributed by atoms with Gasteiger partial charge in [-0.1, -0.05) is 0 Å². The summed E-state index contributed by atoms with van der Waals surface area (Å²) in [5.74, 6) is -0.537. The van der Waals surface area contributed by atoms with Crippen molar-refractivity contribution in [2.24, 2.45) is 0 Å². The van der Waals surface area contributed by atoms with Crippen LogP contribution in [0.2, 0.25) is 0 Å². The van der Waals surface area contributed by atoms with Crippen molar-refractivity contribution in [2.45, 2.75) is 0 Å². The van der Waals surface area contributed by atoms with E-state index in [4.69, 9.17) is 5.11 Å². The number of phenols is 1. The molecule has 3 nitrogen and oxygen atoms in total. The van der Waals surface area contributed by atoms with Crippen molar-refractivity contribution < 1.29 is 23.5 Å². The van der Waals surface area contributed by atoms with Crippen LogP contribution in [0.3, 0.4) is 0 Å². The molecule has 0 aliphatic heterocycles. The van der Waals surface area contributed by atoms with E-state index < -0.39 is 29.0 Å². The quantitative estimate of drug-likeness (QED) is 0.714. The molecule has 68 valence electrons. The molecule has 1 aromatic rings. The molecule has 13 heavy (non-hydrogen) atoms. The van der Waals surface area contributed by atoms with Gasteiger partial charge in [-0.05, 0) is 18.2 Å². The molecule has 0 aromatic heterocycles. The van der Waals surface area contributed by atoms with Gasteiger partial charge in [-0.3, -0.25) is 9.59 Å². The Morgan fingerprint density at radius 3 is 1.69 bits per heavy atom. The van der Waals surface area contributed by atoms with Gasteiger partial charge < -0.3 is 5.11 Å². The first-order chi connectivity index (χ1) is 6.00. The van der Waals surface area contributed by atoms with Gasteiger partial charge in [0.15, 0.2) is 0 Å². The minimum Gasteiger partial charge on any atom is -0.508 e. The van der Waals surface area contributed by atoms with Crippen LogP contribution in [0.5, 0.6) is 5.75 Å². The first kappa shape index (κ1) is 9.31. The number of rotatable bonds is 2. The molecule has 0 aliphatic rings. The first-order valence-corrected chi connectivity index (χ1v) is 3.24. The van der Waals surface area contributed by atoms with Crippen molar-refractivity contribution in [3.8, 4) is 5.75 Å². The molecule has 0 bridgehead atoms. The fourth-order valence-electron chi connectivity index (χ4n) is 0.838. The Morgan fingerprint density at radius 2 is 1.38 bits per heavy atom. The average molecular weight is 186 g/mol. The lowest BCUT2D eigenvalue weighted by atomic mass is 10.1. The average Bonchev–Trinajstić information content (AvgIpc) is 2.03. The molecule has 1 N–H and O–H groups in total. The SMILES string of the molecule is O=C(F)c1cc(O)cc(C(=O)F)c1. The molecule has 0 spiro atoms. The van der Waals surface area contributed by atoms with Crippen molar-refractivity contribution in [3.05, 3.63) is 29.3 Å². The molecular formula is C8H4F2O3. The number of halogens is 2. The van der Waals surface area contributed by atoms with Crippen molar-refractivity contribution in [1.82, 2.24) is 0 Å². The van der Waals surface area contributed by atoms with Crippen molar-refractivity contribution >= 4 is 12.1 Å². The van der Waals surface area contributed by atoms with Crippen LogP contribution >= 0.6 is 0 Å². The fraction of sp³-hybridized carbons (Fsp3) is 0. The van der Waals surface area contributed by atoms with Gasteiger partial charge in [0, 0.05) is 0 Å². The lowest BCUT2D eigenvalue weighted by Crippen LogP contribution is -1.95. The highest BCUT2D eigenvalue weighted by molar-refractivity contribution is 5.95. The topological polar surface area (TPSA) is 54.4 Å². The van der Waals surface area contributed by atoms with E-state index in [1.54, 1.807) is 0 Å². The highest BCUT2D eigenvalue weighted by Gasteiger charge is 2.11. The highest BCUT2D eigenvalue weighted by atomic mass is 19.1. The second-order valence-corrected chi connectivity index (χ2v) is 2.32. The Hall–Kier alpha value is -1.78. The molecule has 5 heteroatoms. The Morgan fingerprint density at radius 1 is 1.00 bits per heavy atom. The van der Waals surface area contributed by atoms with Crippen LogP contribution in [0.15, 0.2) is 18.2 Å². The molecule has 0 heterocycles. The molecule has 0 unspecified atom stereocenters. The van der Waals surface area contributed by atoms with Crippen LogP contribution in [-0.2, 0) is 0 Å². The summed E-state index contributed by atoms with van der Waals surface area (Å²) in [6.07, 6.45) is 0. The lowest BCUT2D eigenvalue weighted by molar-refractivity contribution is 0.0834. The number of benzene rings is 1. The smallest absolute Gasteiger partial charge is 0.332 e. The number of hydrogen-bond acceptors (Lipinski definition) is 3. The van der Waals surface area contributed by atoms with Gasteiger partial charge in [0.1, 0.15) is 5.75 Å². The van der Waals surface area contributed by atoms with Gasteiger partial charge in [0.25, 0.3) is 0 Å². The van der Waals surface area contributed by atoms with Crippen LogP contribution in [0.4, 0.5) is 8.78 Å². The summed E-state index contributed by atoms with van der Waals surface area (Å²) >= 11 is 0. The van der Waals surface area contributed by atoms with Crippen LogP contribution in [0.1, 0.15) is 20.7 Å². The van der Waals surface area contributed by atoms with Crippen molar-refractivity contribution in [2.75, 3.05) is 0 Å². The minimum absolute atomic E-state index is 0.537. The largest absolute Gasteiger partial charge is 0.508 e. The second-order valence-electron chi connectivity index (χ2n) is 2.32. The molecule has 0 aliphatic carbocycles. The van der Waals surface area contributed by atoms with Crippen LogP contribution < -0.4 is 0 Å². The first-order valence-electron chi connectivity index (χ1n) is 3.24. The Labute approximate surface area is 71.6 Å². The highest BCUT2D eigenvalue weighted by Crippen LogP contribution is 2.17. The third kappa shape index (κ3) is 2.08. The molecule has 0 fully saturated rings. The Bertz CT molecular complexity index is 341. The number of hydrogen-bond donors (Lipinski definition) is 1. The number of aromatic hydroxyl groups is 1. The Kier molecular flexibility index (Phi) is 2.36. The Balaban J connectivity index is 3.26. The monoisotopic (exact) mass is 186 g/mol. The minimum atomic E-state index is -1.83. The summed E-state index contributed by atoms with van der Waals surface area (Å²) in [7, 11) is 0. The summed E-state index contributed by atoms with van der Waals surface area (Å²) in [5.41, 5.74) is -1.11. The number of carbonyl (C=O) groups is 2. The maximum atomic E-state index is 12.1. The summed E-state index contributed by atoms with van der Waals surface area (Å²) < 4.78 is 24.1. The van der Waals surface area contributed by atoms with E-state index in [1.807, 2.05) is 0 Å². The molecule has 0 atom stereocenters. The van der Waals surface area contributed by atoms with E-state index in [0.717, 1.165) is 18.2 Å². The summed E-state index contributed by atoms with van der Waals surface area (Å²) in [4.78, 5) is 20.3. The van der Waals surface area contributed by atoms with Crippen LogP contribution in [0, 0.1) is 0 Å². The van der Waals surface area contributed by atoms with Crippen LogP contribution in [-0.4, -0.2) is 17.2 Å². The van der Waals surface area contributed by atoms with Gasteiger partial charge in [-0.25, -0.2) is 0 Å². The fourth-order valence-corrected chi connectivity index (χ4v) is 0.838. The van der Waals surface area contributed by atoms with Gasteiger partial charge in [0.05, 0.1) is 11.1 Å².